The van der Waals surface area contributed by atoms with Crippen molar-refractivity contribution in [3.8, 4) is 28.5 Å². The Balaban J connectivity index is 1.78. The first-order chi connectivity index (χ1) is 17.5. The van der Waals surface area contributed by atoms with Crippen LogP contribution in [0.25, 0.3) is 22.2 Å². The number of methoxy groups -OCH3 is 3. The summed E-state index contributed by atoms with van der Waals surface area (Å²) < 4.78 is 16.4. The third-order valence-corrected chi connectivity index (χ3v) is 5.64. The lowest BCUT2D eigenvalue weighted by atomic mass is 10.0. The van der Waals surface area contributed by atoms with Crippen LogP contribution in [0.1, 0.15) is 27.6 Å². The van der Waals surface area contributed by atoms with Gasteiger partial charge in [-0.3, -0.25) is 9.59 Å². The highest BCUT2D eigenvalue weighted by Crippen LogP contribution is 2.41. The fraction of sp³-hybridized carbons (Fsp3) is 0.179. The third kappa shape index (κ3) is 4.93. The van der Waals surface area contributed by atoms with Crippen molar-refractivity contribution in [1.82, 2.24) is 10.3 Å². The zero-order valence-corrected chi connectivity index (χ0v) is 20.5. The third-order valence-electron chi connectivity index (χ3n) is 5.64. The van der Waals surface area contributed by atoms with Gasteiger partial charge in [0.15, 0.2) is 11.5 Å². The van der Waals surface area contributed by atoms with Gasteiger partial charge < -0.3 is 24.8 Å². The molecule has 0 radical (unpaired) electrons. The van der Waals surface area contributed by atoms with Gasteiger partial charge in [0, 0.05) is 28.7 Å². The number of hydrogen-bond acceptors (Lipinski definition) is 6. The van der Waals surface area contributed by atoms with Crippen LogP contribution in [0, 0.1) is 0 Å². The molecular weight excluding hydrogens is 458 g/mol. The molecule has 8 heteroatoms. The number of carbonyl (C=O) groups is 2. The summed E-state index contributed by atoms with van der Waals surface area (Å²) in [6, 6.07) is 19.5. The number of benzene rings is 3. The van der Waals surface area contributed by atoms with Crippen LogP contribution in [0.4, 0.5) is 5.69 Å². The van der Waals surface area contributed by atoms with Crippen molar-refractivity contribution in [2.24, 2.45) is 0 Å². The summed E-state index contributed by atoms with van der Waals surface area (Å²) >= 11 is 0. The summed E-state index contributed by atoms with van der Waals surface area (Å²) in [5, 5.41) is 6.38. The summed E-state index contributed by atoms with van der Waals surface area (Å²) in [6.07, 6.45) is 0. The largest absolute Gasteiger partial charge is 0.493 e. The van der Waals surface area contributed by atoms with Crippen LogP contribution in [0.15, 0.2) is 66.7 Å². The predicted octanol–water partition coefficient (Wildman–Crippen LogP) is 4.93. The fourth-order valence-corrected chi connectivity index (χ4v) is 3.94. The van der Waals surface area contributed by atoms with Crippen molar-refractivity contribution in [2.75, 3.05) is 33.2 Å². The summed E-state index contributed by atoms with van der Waals surface area (Å²) in [6.45, 7) is 2.37. The topological polar surface area (TPSA) is 98.8 Å². The Bertz CT molecular complexity index is 1410. The number of hydrogen-bond donors (Lipinski definition) is 2. The maximum absolute atomic E-state index is 13.5. The number of nitrogens with one attached hydrogen (secondary N) is 2. The van der Waals surface area contributed by atoms with E-state index < -0.39 is 0 Å². The van der Waals surface area contributed by atoms with E-state index in [0.29, 0.717) is 62.8 Å². The van der Waals surface area contributed by atoms with E-state index in [1.165, 1.54) is 7.11 Å². The van der Waals surface area contributed by atoms with Crippen LogP contribution in [0.3, 0.4) is 0 Å². The molecule has 1 heterocycles. The van der Waals surface area contributed by atoms with Crippen molar-refractivity contribution in [2.45, 2.75) is 6.92 Å². The fourth-order valence-electron chi connectivity index (χ4n) is 3.94. The van der Waals surface area contributed by atoms with E-state index in [0.717, 1.165) is 0 Å². The average molecular weight is 486 g/mol. The number of fused-ring (bicyclic) bond motifs is 1. The highest BCUT2D eigenvalue weighted by Gasteiger charge is 2.18. The SMILES string of the molecule is CCNC(=O)c1cccc(NC(=O)c2cc(-c3cc(OC)c(OC)c(OC)c3)nc3ccccc23)c1. The molecule has 2 N–H and O–H groups in total. The van der Waals surface area contributed by atoms with Crippen LogP contribution in [0.5, 0.6) is 17.2 Å². The van der Waals surface area contributed by atoms with Crippen molar-refractivity contribution in [1.29, 1.82) is 0 Å². The predicted molar refractivity (Wildman–Crippen MR) is 139 cm³/mol. The Morgan fingerprint density at radius 1 is 0.833 bits per heavy atom. The number of para-hydroxylation sites is 1. The number of nitrogens with zero attached hydrogens (tertiary/aromatic N) is 1. The molecule has 8 nitrogen and oxygen atoms in total. The van der Waals surface area contributed by atoms with Gasteiger partial charge in [-0.15, -0.1) is 0 Å². The minimum atomic E-state index is -0.324. The molecule has 3 aromatic carbocycles. The highest BCUT2D eigenvalue weighted by atomic mass is 16.5. The van der Waals surface area contributed by atoms with Gasteiger partial charge in [0.2, 0.25) is 5.75 Å². The van der Waals surface area contributed by atoms with Gasteiger partial charge in [0.25, 0.3) is 11.8 Å². The van der Waals surface area contributed by atoms with Crippen LogP contribution >= 0.6 is 0 Å². The standard InChI is InChI=1S/C28H27N3O5/c1-5-29-27(32)17-9-8-10-19(13-17)30-28(33)21-16-23(31-22-12-7-6-11-20(21)22)18-14-24(34-2)26(36-4)25(15-18)35-3/h6-16H,5H2,1-4H3,(H,29,32)(H,30,33). The average Bonchev–Trinajstić information content (AvgIpc) is 2.91. The van der Waals surface area contributed by atoms with E-state index in [-0.39, 0.29) is 11.8 Å². The number of pyridine rings is 1. The highest BCUT2D eigenvalue weighted by molar-refractivity contribution is 6.13. The monoisotopic (exact) mass is 485 g/mol. The minimum absolute atomic E-state index is 0.201. The molecule has 0 aliphatic carbocycles. The normalized spacial score (nSPS) is 10.6. The second-order valence-corrected chi connectivity index (χ2v) is 7.88. The maximum atomic E-state index is 13.5. The Morgan fingerprint density at radius 2 is 1.56 bits per heavy atom. The molecule has 0 bridgehead atoms. The quantitative estimate of drug-likeness (QED) is 0.367. The minimum Gasteiger partial charge on any atom is -0.493 e. The van der Waals surface area contributed by atoms with Gasteiger partial charge in [0.1, 0.15) is 0 Å². The van der Waals surface area contributed by atoms with Gasteiger partial charge in [0.05, 0.1) is 38.1 Å². The summed E-state index contributed by atoms with van der Waals surface area (Å²) in [7, 11) is 4.63. The second-order valence-electron chi connectivity index (χ2n) is 7.88. The number of ether oxygens (including phenoxy) is 3. The van der Waals surface area contributed by atoms with Gasteiger partial charge in [-0.1, -0.05) is 24.3 Å². The summed E-state index contributed by atoms with van der Waals surface area (Å²) in [4.78, 5) is 30.4. The Morgan fingerprint density at radius 3 is 2.22 bits per heavy atom. The summed E-state index contributed by atoms with van der Waals surface area (Å²) in [5.74, 6) is 0.905. The lowest BCUT2D eigenvalue weighted by Gasteiger charge is -2.15. The molecule has 0 fully saturated rings. The Labute approximate surface area is 209 Å². The molecule has 0 saturated carbocycles. The molecule has 0 aliphatic heterocycles. The van der Waals surface area contributed by atoms with Crippen LogP contribution < -0.4 is 24.8 Å². The number of amides is 2. The molecule has 0 atom stereocenters. The molecular formula is C28H27N3O5. The van der Waals surface area contributed by atoms with Crippen molar-refractivity contribution >= 4 is 28.4 Å². The molecule has 4 aromatic rings. The van der Waals surface area contributed by atoms with Crippen molar-refractivity contribution < 1.29 is 23.8 Å². The smallest absolute Gasteiger partial charge is 0.256 e. The molecule has 36 heavy (non-hydrogen) atoms. The molecule has 184 valence electrons. The molecule has 0 unspecified atom stereocenters. The molecule has 1 aromatic heterocycles. The summed E-state index contributed by atoms with van der Waals surface area (Å²) in [5.41, 5.74) is 3.33. The molecule has 0 aliphatic rings. The molecule has 0 saturated heterocycles. The van der Waals surface area contributed by atoms with E-state index in [9.17, 15) is 9.59 Å². The second kappa shape index (κ2) is 10.8. The number of anilines is 1. The van der Waals surface area contributed by atoms with Crippen LogP contribution in [-0.4, -0.2) is 44.7 Å². The van der Waals surface area contributed by atoms with Crippen LogP contribution in [0.2, 0.25) is 0 Å². The van der Waals surface area contributed by atoms with Crippen molar-refractivity contribution in [3.05, 3.63) is 77.9 Å². The van der Waals surface area contributed by atoms with E-state index in [4.69, 9.17) is 19.2 Å². The first-order valence-electron chi connectivity index (χ1n) is 11.4. The zero-order valence-electron chi connectivity index (χ0n) is 20.5. The molecule has 4 rings (SSSR count). The van der Waals surface area contributed by atoms with E-state index in [1.54, 1.807) is 56.7 Å². The maximum Gasteiger partial charge on any atom is 0.256 e. The Kier molecular flexibility index (Phi) is 7.34. The van der Waals surface area contributed by atoms with E-state index in [1.807, 2.05) is 31.2 Å². The van der Waals surface area contributed by atoms with E-state index in [2.05, 4.69) is 10.6 Å². The first kappa shape index (κ1) is 24.5. The molecule has 0 spiro atoms. The van der Waals surface area contributed by atoms with Gasteiger partial charge >= 0.3 is 0 Å². The van der Waals surface area contributed by atoms with Gasteiger partial charge in [-0.25, -0.2) is 4.98 Å². The number of rotatable bonds is 8. The van der Waals surface area contributed by atoms with Gasteiger partial charge in [-0.2, -0.15) is 0 Å². The number of aromatic nitrogens is 1. The first-order valence-corrected chi connectivity index (χ1v) is 11.4. The Hall–Kier alpha value is -4.59. The van der Waals surface area contributed by atoms with Crippen LogP contribution in [-0.2, 0) is 0 Å². The van der Waals surface area contributed by atoms with Crippen molar-refractivity contribution in [3.63, 3.8) is 0 Å². The van der Waals surface area contributed by atoms with E-state index >= 15 is 0 Å². The lowest BCUT2D eigenvalue weighted by Crippen LogP contribution is -2.22. The van der Waals surface area contributed by atoms with Gasteiger partial charge in [-0.05, 0) is 49.4 Å². The molecule has 2 amide bonds. The lowest BCUT2D eigenvalue weighted by molar-refractivity contribution is 0.0954. The number of carbonyl (C=O) groups excluding carboxylic acids is 2. The zero-order chi connectivity index (χ0) is 25.7.